The van der Waals surface area contributed by atoms with Crippen molar-refractivity contribution in [3.63, 3.8) is 0 Å². The van der Waals surface area contributed by atoms with Gasteiger partial charge >= 0.3 is 0 Å². The van der Waals surface area contributed by atoms with Gasteiger partial charge in [-0.2, -0.15) is 0 Å². The number of rotatable bonds is 4. The highest BCUT2D eigenvalue weighted by Crippen LogP contribution is 2.23. The minimum Gasteiger partial charge on any atom is -0.378 e. The van der Waals surface area contributed by atoms with Gasteiger partial charge in [0, 0.05) is 30.4 Å². The maximum atomic E-state index is 12.1. The van der Waals surface area contributed by atoms with E-state index in [2.05, 4.69) is 0 Å². The molecule has 0 radical (unpaired) electrons. The lowest BCUT2D eigenvalue weighted by Crippen LogP contribution is -2.08. The van der Waals surface area contributed by atoms with Gasteiger partial charge in [0.1, 0.15) is 0 Å². The molecule has 0 amide bonds. The van der Waals surface area contributed by atoms with Gasteiger partial charge in [0.2, 0.25) is 0 Å². The van der Waals surface area contributed by atoms with E-state index in [0.29, 0.717) is 10.6 Å². The van der Waals surface area contributed by atoms with Crippen molar-refractivity contribution in [2.45, 2.75) is 6.92 Å². The first-order valence-corrected chi connectivity index (χ1v) is 7.11. The summed E-state index contributed by atoms with van der Waals surface area (Å²) in [6.07, 6.45) is 3.31. The number of ketones is 1. The predicted octanol–water partition coefficient (Wildman–Crippen LogP) is 4.61. The van der Waals surface area contributed by atoms with Crippen LogP contribution < -0.4 is 4.90 Å². The quantitative estimate of drug-likeness (QED) is 0.607. The summed E-state index contributed by atoms with van der Waals surface area (Å²) in [7, 11) is 3.92. The summed E-state index contributed by atoms with van der Waals surface area (Å²) in [6.45, 7) is 2.00. The van der Waals surface area contributed by atoms with E-state index in [1.54, 1.807) is 12.2 Å². The van der Waals surface area contributed by atoms with Crippen molar-refractivity contribution in [1.82, 2.24) is 0 Å². The molecule has 0 saturated heterocycles. The van der Waals surface area contributed by atoms with Crippen LogP contribution in [0.4, 0.5) is 5.69 Å². The van der Waals surface area contributed by atoms with E-state index in [1.807, 2.05) is 68.4 Å². The Labute approximate surface area is 130 Å². The molecule has 21 heavy (non-hydrogen) atoms. The van der Waals surface area contributed by atoms with E-state index in [4.69, 9.17) is 11.6 Å². The van der Waals surface area contributed by atoms with Crippen LogP contribution in [-0.4, -0.2) is 19.9 Å². The second-order valence-electron chi connectivity index (χ2n) is 5.16. The van der Waals surface area contributed by atoms with Gasteiger partial charge in [-0.3, -0.25) is 4.79 Å². The molecule has 0 aliphatic heterocycles. The third kappa shape index (κ3) is 3.96. The van der Waals surface area contributed by atoms with Crippen LogP contribution in [0, 0.1) is 6.92 Å². The Morgan fingerprint density at radius 1 is 1.10 bits per heavy atom. The van der Waals surface area contributed by atoms with Crippen LogP contribution in [0.3, 0.4) is 0 Å². The van der Waals surface area contributed by atoms with Gasteiger partial charge in [-0.25, -0.2) is 0 Å². The highest BCUT2D eigenvalue weighted by Gasteiger charge is 2.03. The predicted molar refractivity (Wildman–Crippen MR) is 90.3 cm³/mol. The molecule has 0 unspecified atom stereocenters. The van der Waals surface area contributed by atoms with Gasteiger partial charge in [0.25, 0.3) is 0 Å². The monoisotopic (exact) mass is 299 g/mol. The Kier molecular flexibility index (Phi) is 4.81. The molecule has 2 aromatic rings. The van der Waals surface area contributed by atoms with E-state index in [1.165, 1.54) is 0 Å². The Morgan fingerprint density at radius 3 is 2.33 bits per heavy atom. The molecule has 0 N–H and O–H groups in total. The first-order chi connectivity index (χ1) is 9.97. The van der Waals surface area contributed by atoms with Crippen molar-refractivity contribution in [1.29, 1.82) is 0 Å². The number of anilines is 1. The summed E-state index contributed by atoms with van der Waals surface area (Å²) in [4.78, 5) is 14.1. The summed E-state index contributed by atoms with van der Waals surface area (Å²) in [5.74, 6) is -0.0252. The number of aryl methyl sites for hydroxylation is 1. The smallest absolute Gasteiger partial charge is 0.185 e. The summed E-state index contributed by atoms with van der Waals surface area (Å²) < 4.78 is 0. The number of nitrogens with zero attached hydrogens (tertiary/aromatic N) is 1. The minimum atomic E-state index is -0.0252. The maximum Gasteiger partial charge on any atom is 0.185 e. The Morgan fingerprint density at radius 2 is 1.76 bits per heavy atom. The zero-order valence-electron chi connectivity index (χ0n) is 12.4. The SMILES string of the molecule is Cc1ccc(C(=O)/C=C/c2ccc(N(C)C)cc2Cl)cc1. The van der Waals surface area contributed by atoms with Crippen molar-refractivity contribution in [2.24, 2.45) is 0 Å². The highest BCUT2D eigenvalue weighted by atomic mass is 35.5. The summed E-state index contributed by atoms with van der Waals surface area (Å²) >= 11 is 6.23. The van der Waals surface area contributed by atoms with E-state index < -0.39 is 0 Å². The standard InChI is InChI=1S/C18H18ClNO/c1-13-4-6-15(7-5-13)18(21)11-9-14-8-10-16(20(2)3)12-17(14)19/h4-12H,1-3H3/b11-9+. The summed E-state index contributed by atoms with van der Waals surface area (Å²) in [6, 6.07) is 13.3. The fourth-order valence-corrected chi connectivity index (χ4v) is 2.15. The fourth-order valence-electron chi connectivity index (χ4n) is 1.91. The average molecular weight is 300 g/mol. The van der Waals surface area contributed by atoms with Crippen LogP contribution in [0.5, 0.6) is 0 Å². The van der Waals surface area contributed by atoms with Gasteiger partial charge in [-0.1, -0.05) is 47.5 Å². The zero-order chi connectivity index (χ0) is 15.4. The van der Waals surface area contributed by atoms with E-state index >= 15 is 0 Å². The van der Waals surface area contributed by atoms with E-state index in [9.17, 15) is 4.79 Å². The van der Waals surface area contributed by atoms with Crippen molar-refractivity contribution < 1.29 is 4.79 Å². The Bertz CT molecular complexity index is 672. The third-order valence-electron chi connectivity index (χ3n) is 3.25. The van der Waals surface area contributed by atoms with Crippen molar-refractivity contribution in [3.8, 4) is 0 Å². The van der Waals surface area contributed by atoms with Crippen molar-refractivity contribution >= 4 is 29.1 Å². The number of carbonyl (C=O) groups is 1. The van der Waals surface area contributed by atoms with E-state index in [0.717, 1.165) is 16.8 Å². The molecule has 0 aromatic heterocycles. The fraction of sp³-hybridized carbons (Fsp3) is 0.167. The molecule has 3 heteroatoms. The molecule has 2 aromatic carbocycles. The second kappa shape index (κ2) is 6.59. The molecule has 0 bridgehead atoms. The average Bonchev–Trinajstić information content (AvgIpc) is 2.46. The lowest BCUT2D eigenvalue weighted by molar-refractivity contribution is 0.104. The van der Waals surface area contributed by atoms with Gasteiger partial charge in [0.15, 0.2) is 5.78 Å². The van der Waals surface area contributed by atoms with Gasteiger partial charge in [-0.05, 0) is 36.8 Å². The largest absolute Gasteiger partial charge is 0.378 e. The molecule has 0 aliphatic rings. The number of hydrogen-bond acceptors (Lipinski definition) is 2. The summed E-state index contributed by atoms with van der Waals surface area (Å²) in [5, 5.41) is 0.633. The second-order valence-corrected chi connectivity index (χ2v) is 5.57. The molecule has 0 saturated carbocycles. The van der Waals surface area contributed by atoms with Gasteiger partial charge in [-0.15, -0.1) is 0 Å². The van der Waals surface area contributed by atoms with Crippen molar-refractivity contribution in [2.75, 3.05) is 19.0 Å². The molecule has 0 aliphatic carbocycles. The number of benzene rings is 2. The molecule has 2 rings (SSSR count). The van der Waals surface area contributed by atoms with E-state index in [-0.39, 0.29) is 5.78 Å². The first-order valence-electron chi connectivity index (χ1n) is 6.73. The van der Waals surface area contributed by atoms with Crippen LogP contribution in [0.25, 0.3) is 6.08 Å². The molecule has 0 spiro atoms. The normalized spacial score (nSPS) is 10.9. The first kappa shape index (κ1) is 15.3. The number of carbonyl (C=O) groups excluding carboxylic acids is 1. The number of allylic oxidation sites excluding steroid dienone is 1. The molecule has 0 fully saturated rings. The lowest BCUT2D eigenvalue weighted by atomic mass is 10.1. The number of halogens is 1. The molecule has 0 atom stereocenters. The van der Waals surface area contributed by atoms with Crippen LogP contribution in [0.15, 0.2) is 48.5 Å². The third-order valence-corrected chi connectivity index (χ3v) is 3.58. The van der Waals surface area contributed by atoms with Crippen molar-refractivity contribution in [3.05, 3.63) is 70.3 Å². The van der Waals surface area contributed by atoms with Crippen LogP contribution in [0.2, 0.25) is 5.02 Å². The molecule has 108 valence electrons. The molecule has 2 nitrogen and oxygen atoms in total. The highest BCUT2D eigenvalue weighted by molar-refractivity contribution is 6.32. The van der Waals surface area contributed by atoms with Crippen LogP contribution in [0.1, 0.15) is 21.5 Å². The van der Waals surface area contributed by atoms with Crippen LogP contribution >= 0.6 is 11.6 Å². The molecular weight excluding hydrogens is 282 g/mol. The minimum absolute atomic E-state index is 0.0252. The van der Waals surface area contributed by atoms with Gasteiger partial charge < -0.3 is 4.90 Å². The summed E-state index contributed by atoms with van der Waals surface area (Å²) in [5.41, 5.74) is 3.68. The van der Waals surface area contributed by atoms with Gasteiger partial charge in [0.05, 0.1) is 0 Å². The molecular formula is C18H18ClNO. The Balaban J connectivity index is 2.17. The lowest BCUT2D eigenvalue weighted by Gasteiger charge is -2.13. The molecule has 0 heterocycles. The van der Waals surface area contributed by atoms with Crippen LogP contribution in [-0.2, 0) is 0 Å². The number of hydrogen-bond donors (Lipinski definition) is 0. The topological polar surface area (TPSA) is 20.3 Å². The zero-order valence-corrected chi connectivity index (χ0v) is 13.2. The Hall–Kier alpha value is -2.06. The maximum absolute atomic E-state index is 12.1.